The fourth-order valence-corrected chi connectivity index (χ4v) is 2.79. The Kier molecular flexibility index (Phi) is 6.26. The van der Waals surface area contributed by atoms with Crippen molar-refractivity contribution in [2.24, 2.45) is 0 Å². The smallest absolute Gasteiger partial charge is 0.246 e. The number of aryl methyl sites for hydroxylation is 1. The number of amides is 1. The summed E-state index contributed by atoms with van der Waals surface area (Å²) >= 11 is 0. The van der Waals surface area contributed by atoms with Gasteiger partial charge in [-0.3, -0.25) is 4.79 Å². The average Bonchev–Trinajstić information content (AvgIpc) is 3.20. The van der Waals surface area contributed by atoms with Crippen LogP contribution >= 0.6 is 0 Å². The third-order valence-corrected chi connectivity index (χ3v) is 4.38. The fourth-order valence-electron chi connectivity index (χ4n) is 2.79. The van der Waals surface area contributed by atoms with E-state index in [1.54, 1.807) is 38.3 Å². The largest absolute Gasteiger partial charge is 0.493 e. The normalized spacial score (nSPS) is 10.5. The minimum atomic E-state index is 0.0229. The molecular formula is C21H23N3O4. The van der Waals surface area contributed by atoms with Crippen molar-refractivity contribution in [2.45, 2.75) is 19.4 Å². The summed E-state index contributed by atoms with van der Waals surface area (Å²) < 4.78 is 15.8. The first-order valence-corrected chi connectivity index (χ1v) is 8.93. The Labute approximate surface area is 163 Å². The predicted octanol–water partition coefficient (Wildman–Crippen LogP) is 3.35. The number of aromatic nitrogens is 2. The third kappa shape index (κ3) is 4.68. The predicted molar refractivity (Wildman–Crippen MR) is 104 cm³/mol. The second-order valence-corrected chi connectivity index (χ2v) is 6.32. The van der Waals surface area contributed by atoms with Gasteiger partial charge in [-0.15, -0.1) is 0 Å². The number of carbonyl (C=O) groups is 1. The van der Waals surface area contributed by atoms with Crippen molar-refractivity contribution in [3.05, 3.63) is 60.0 Å². The lowest BCUT2D eigenvalue weighted by Crippen LogP contribution is -2.26. The quantitative estimate of drug-likeness (QED) is 0.595. The van der Waals surface area contributed by atoms with Crippen molar-refractivity contribution < 1.29 is 18.8 Å². The summed E-state index contributed by atoms with van der Waals surface area (Å²) in [5.74, 6) is 2.04. The van der Waals surface area contributed by atoms with Gasteiger partial charge in [-0.1, -0.05) is 35.5 Å². The van der Waals surface area contributed by atoms with Gasteiger partial charge < -0.3 is 18.9 Å². The van der Waals surface area contributed by atoms with Crippen LogP contribution in [-0.4, -0.2) is 42.2 Å². The van der Waals surface area contributed by atoms with Crippen LogP contribution < -0.4 is 9.47 Å². The van der Waals surface area contributed by atoms with E-state index in [2.05, 4.69) is 10.1 Å². The number of methoxy groups -OCH3 is 2. The molecule has 0 unspecified atom stereocenters. The van der Waals surface area contributed by atoms with E-state index in [9.17, 15) is 4.79 Å². The summed E-state index contributed by atoms with van der Waals surface area (Å²) in [6.07, 6.45) is 1.13. The van der Waals surface area contributed by atoms with E-state index in [1.165, 1.54) is 0 Å². The molecule has 0 saturated heterocycles. The zero-order valence-corrected chi connectivity index (χ0v) is 16.2. The highest BCUT2D eigenvalue weighted by Gasteiger charge is 2.16. The maximum absolute atomic E-state index is 12.4. The molecule has 0 aliphatic rings. The monoisotopic (exact) mass is 381 g/mol. The molecule has 0 aliphatic carbocycles. The van der Waals surface area contributed by atoms with Gasteiger partial charge in [0.25, 0.3) is 0 Å². The van der Waals surface area contributed by atoms with Crippen LogP contribution in [0, 0.1) is 0 Å². The Morgan fingerprint density at radius 2 is 1.82 bits per heavy atom. The molecule has 7 heteroatoms. The summed E-state index contributed by atoms with van der Waals surface area (Å²) in [4.78, 5) is 18.3. The van der Waals surface area contributed by atoms with Crippen LogP contribution in [-0.2, 0) is 17.8 Å². The number of nitrogens with zero attached hydrogens (tertiary/aromatic N) is 3. The highest BCUT2D eigenvalue weighted by molar-refractivity contribution is 5.76. The Morgan fingerprint density at radius 1 is 1.07 bits per heavy atom. The highest BCUT2D eigenvalue weighted by Crippen LogP contribution is 2.31. The van der Waals surface area contributed by atoms with Crippen LogP contribution in [0.25, 0.3) is 11.4 Å². The maximum Gasteiger partial charge on any atom is 0.246 e. The van der Waals surface area contributed by atoms with Crippen LogP contribution in [0.2, 0.25) is 0 Å². The van der Waals surface area contributed by atoms with Gasteiger partial charge in [0.1, 0.15) is 0 Å². The molecule has 0 N–H and O–H groups in total. The average molecular weight is 381 g/mol. The molecule has 0 saturated carbocycles. The molecule has 1 aromatic heterocycles. The molecular weight excluding hydrogens is 358 g/mol. The molecule has 0 atom stereocenters. The van der Waals surface area contributed by atoms with Crippen LogP contribution in [0.15, 0.2) is 53.1 Å². The van der Waals surface area contributed by atoms with Gasteiger partial charge in [-0.2, -0.15) is 4.98 Å². The number of hydrogen-bond donors (Lipinski definition) is 0. The molecule has 3 rings (SSSR count). The summed E-state index contributed by atoms with van der Waals surface area (Å²) in [5, 5.41) is 4.00. The van der Waals surface area contributed by atoms with E-state index in [0.717, 1.165) is 11.1 Å². The Morgan fingerprint density at radius 3 is 2.54 bits per heavy atom. The standard InChI is InChI=1S/C21H23N3O4/c1-24(20(25)12-9-15-7-5-4-6-8-15)14-19-22-21(23-28-19)16-10-11-17(26-2)18(13-16)27-3/h4-8,10-11,13H,9,12,14H2,1-3H3. The molecule has 7 nitrogen and oxygen atoms in total. The Balaban J connectivity index is 1.61. The first-order valence-electron chi connectivity index (χ1n) is 8.93. The van der Waals surface area contributed by atoms with Crippen LogP contribution in [0.4, 0.5) is 0 Å². The molecule has 0 fully saturated rings. The number of ether oxygens (including phenoxy) is 2. The lowest BCUT2D eigenvalue weighted by molar-refractivity contribution is -0.130. The van der Waals surface area contributed by atoms with E-state index < -0.39 is 0 Å². The second-order valence-electron chi connectivity index (χ2n) is 6.32. The Hall–Kier alpha value is -3.35. The topological polar surface area (TPSA) is 77.7 Å². The van der Waals surface area contributed by atoms with Crippen molar-refractivity contribution in [1.82, 2.24) is 15.0 Å². The fraction of sp³-hybridized carbons (Fsp3) is 0.286. The summed E-state index contributed by atoms with van der Waals surface area (Å²) in [6, 6.07) is 15.3. The van der Waals surface area contributed by atoms with E-state index in [0.29, 0.717) is 36.1 Å². The molecule has 28 heavy (non-hydrogen) atoms. The van der Waals surface area contributed by atoms with E-state index in [-0.39, 0.29) is 12.5 Å². The van der Waals surface area contributed by atoms with Crippen LogP contribution in [0.3, 0.4) is 0 Å². The molecule has 0 aliphatic heterocycles. The van der Waals surface area contributed by atoms with Gasteiger partial charge in [0.2, 0.25) is 17.6 Å². The van der Waals surface area contributed by atoms with E-state index >= 15 is 0 Å². The van der Waals surface area contributed by atoms with Gasteiger partial charge in [-0.05, 0) is 30.2 Å². The van der Waals surface area contributed by atoms with Crippen molar-refractivity contribution >= 4 is 5.91 Å². The molecule has 0 spiro atoms. The Bertz CT molecular complexity index is 924. The first-order chi connectivity index (χ1) is 13.6. The highest BCUT2D eigenvalue weighted by atomic mass is 16.5. The third-order valence-electron chi connectivity index (χ3n) is 4.38. The van der Waals surface area contributed by atoms with Crippen LogP contribution in [0.5, 0.6) is 11.5 Å². The molecule has 146 valence electrons. The number of carbonyl (C=O) groups excluding carboxylic acids is 1. The zero-order valence-electron chi connectivity index (χ0n) is 16.2. The van der Waals surface area contributed by atoms with Crippen molar-refractivity contribution in [2.75, 3.05) is 21.3 Å². The molecule has 0 bridgehead atoms. The minimum Gasteiger partial charge on any atom is -0.493 e. The number of hydrogen-bond acceptors (Lipinski definition) is 6. The van der Waals surface area contributed by atoms with E-state index in [4.69, 9.17) is 14.0 Å². The summed E-state index contributed by atoms with van der Waals surface area (Å²) in [7, 11) is 4.88. The van der Waals surface area contributed by atoms with Crippen molar-refractivity contribution in [1.29, 1.82) is 0 Å². The van der Waals surface area contributed by atoms with Crippen molar-refractivity contribution in [3.8, 4) is 22.9 Å². The zero-order chi connectivity index (χ0) is 19.9. The lowest BCUT2D eigenvalue weighted by atomic mass is 10.1. The van der Waals surface area contributed by atoms with E-state index in [1.807, 2.05) is 36.4 Å². The first kappa shape index (κ1) is 19.4. The minimum absolute atomic E-state index is 0.0229. The molecule has 1 heterocycles. The molecule has 3 aromatic rings. The summed E-state index contributed by atoms with van der Waals surface area (Å²) in [5.41, 5.74) is 1.88. The van der Waals surface area contributed by atoms with Gasteiger partial charge in [-0.25, -0.2) is 0 Å². The molecule has 2 aromatic carbocycles. The van der Waals surface area contributed by atoms with Crippen LogP contribution in [0.1, 0.15) is 17.9 Å². The SMILES string of the molecule is COc1ccc(-c2noc(CN(C)C(=O)CCc3ccccc3)n2)cc1OC. The number of benzene rings is 2. The van der Waals surface area contributed by atoms with Crippen molar-refractivity contribution in [3.63, 3.8) is 0 Å². The van der Waals surface area contributed by atoms with Gasteiger partial charge in [0.05, 0.1) is 20.8 Å². The van der Waals surface area contributed by atoms with Gasteiger partial charge >= 0.3 is 0 Å². The summed E-state index contributed by atoms with van der Waals surface area (Å²) in [6.45, 7) is 0.258. The lowest BCUT2D eigenvalue weighted by Gasteiger charge is -2.14. The van der Waals surface area contributed by atoms with Gasteiger partial charge in [0.15, 0.2) is 11.5 Å². The number of rotatable bonds is 8. The molecule has 1 amide bonds. The second kappa shape index (κ2) is 9.03. The van der Waals surface area contributed by atoms with Gasteiger partial charge in [0, 0.05) is 19.0 Å². The maximum atomic E-state index is 12.4. The molecule has 0 radical (unpaired) electrons.